The molecule has 0 saturated heterocycles. The van der Waals surface area contributed by atoms with Crippen LogP contribution in [-0.4, -0.2) is 32.2 Å². The van der Waals surface area contributed by atoms with Crippen molar-refractivity contribution in [2.75, 3.05) is 21.3 Å². The summed E-state index contributed by atoms with van der Waals surface area (Å²) in [6.45, 7) is 0. The van der Waals surface area contributed by atoms with E-state index < -0.39 is 0 Å². The van der Waals surface area contributed by atoms with Crippen molar-refractivity contribution in [3.8, 4) is 22.8 Å². The number of rotatable bonds is 5. The normalized spacial score (nSPS) is 12.0. The van der Waals surface area contributed by atoms with Gasteiger partial charge in [0.15, 0.2) is 0 Å². The average molecular weight is 343 g/mol. The van der Waals surface area contributed by atoms with Gasteiger partial charge in [-0.05, 0) is 30.3 Å². The van der Waals surface area contributed by atoms with E-state index in [0.29, 0.717) is 5.76 Å². The number of hydrogen-bond acceptors (Lipinski definition) is 6. The van der Waals surface area contributed by atoms with Crippen molar-refractivity contribution in [1.29, 1.82) is 0 Å². The molecule has 0 fully saturated rings. The Hall–Kier alpha value is -2.80. The molecular weight excluding hydrogens is 326 g/mol. The van der Waals surface area contributed by atoms with Crippen LogP contribution in [0.3, 0.4) is 0 Å². The molecule has 124 valence electrons. The van der Waals surface area contributed by atoms with E-state index in [-0.39, 0.29) is 0 Å². The highest BCUT2D eigenvalue weighted by Gasteiger charge is 2.13. The summed E-state index contributed by atoms with van der Waals surface area (Å²) in [6, 6.07) is 9.30. The van der Waals surface area contributed by atoms with Crippen LogP contribution < -0.4 is 14.3 Å². The molecule has 0 aliphatic rings. The quantitative estimate of drug-likeness (QED) is 0.668. The second-order valence-electron chi connectivity index (χ2n) is 4.77. The van der Waals surface area contributed by atoms with Gasteiger partial charge < -0.3 is 13.9 Å². The molecule has 0 radical (unpaired) electrons. The number of nitrogens with zero attached hydrogens (tertiary/aromatic N) is 3. The lowest BCUT2D eigenvalue weighted by Crippen LogP contribution is -2.11. The maximum atomic E-state index is 5.48. The van der Waals surface area contributed by atoms with E-state index in [9.17, 15) is 0 Å². The number of ether oxygens (including phenoxy) is 2. The Bertz CT molecular complexity index is 908. The summed E-state index contributed by atoms with van der Waals surface area (Å²) in [5.74, 6) is 2.14. The summed E-state index contributed by atoms with van der Waals surface area (Å²) in [4.78, 5) is 5.04. The van der Waals surface area contributed by atoms with Gasteiger partial charge in [0.25, 0.3) is 0 Å². The van der Waals surface area contributed by atoms with Gasteiger partial charge in [-0.15, -0.1) is 11.3 Å². The van der Waals surface area contributed by atoms with Crippen LogP contribution in [0.4, 0.5) is 0 Å². The SMILES string of the molecule is CN=c1scc(-c2cc(OC)ccc2OC)n1/N=C\c1ccco1. The monoisotopic (exact) mass is 343 g/mol. The zero-order chi connectivity index (χ0) is 16.9. The third-order valence-electron chi connectivity index (χ3n) is 3.40. The number of thiazole rings is 1. The number of hydrogen-bond donors (Lipinski definition) is 0. The molecule has 6 nitrogen and oxygen atoms in total. The van der Waals surface area contributed by atoms with Crippen LogP contribution in [0.1, 0.15) is 5.76 Å². The van der Waals surface area contributed by atoms with E-state index in [1.54, 1.807) is 38.4 Å². The van der Waals surface area contributed by atoms with Crippen molar-refractivity contribution in [3.63, 3.8) is 0 Å². The maximum absolute atomic E-state index is 5.48. The van der Waals surface area contributed by atoms with Crippen LogP contribution in [0.2, 0.25) is 0 Å². The zero-order valence-electron chi connectivity index (χ0n) is 13.6. The van der Waals surface area contributed by atoms with Gasteiger partial charge in [-0.2, -0.15) is 5.10 Å². The first-order valence-electron chi connectivity index (χ1n) is 7.20. The predicted octanol–water partition coefficient (Wildman–Crippen LogP) is 3.24. The molecule has 0 N–H and O–H groups in total. The van der Waals surface area contributed by atoms with Gasteiger partial charge in [-0.1, -0.05) is 0 Å². The molecular formula is C17H17N3O3S. The average Bonchev–Trinajstić information content (AvgIpc) is 3.28. The van der Waals surface area contributed by atoms with Gasteiger partial charge in [0.1, 0.15) is 17.3 Å². The molecule has 3 aromatic rings. The Morgan fingerprint density at radius 3 is 2.75 bits per heavy atom. The summed E-state index contributed by atoms with van der Waals surface area (Å²) < 4.78 is 17.9. The highest BCUT2D eigenvalue weighted by atomic mass is 32.1. The van der Waals surface area contributed by atoms with Gasteiger partial charge in [0.2, 0.25) is 4.80 Å². The molecule has 2 aromatic heterocycles. The van der Waals surface area contributed by atoms with Crippen LogP contribution in [0.15, 0.2) is 56.5 Å². The minimum atomic E-state index is 0.666. The Labute approximate surface area is 143 Å². The third kappa shape index (κ3) is 3.11. The van der Waals surface area contributed by atoms with Crippen LogP contribution >= 0.6 is 11.3 Å². The van der Waals surface area contributed by atoms with Gasteiger partial charge in [-0.3, -0.25) is 4.99 Å². The van der Waals surface area contributed by atoms with Crippen molar-refractivity contribution < 1.29 is 13.9 Å². The second kappa shape index (κ2) is 7.18. The highest BCUT2D eigenvalue weighted by molar-refractivity contribution is 7.07. The predicted molar refractivity (Wildman–Crippen MR) is 94.0 cm³/mol. The van der Waals surface area contributed by atoms with Crippen molar-refractivity contribution in [2.45, 2.75) is 0 Å². The minimum Gasteiger partial charge on any atom is -0.497 e. The lowest BCUT2D eigenvalue weighted by molar-refractivity contribution is 0.404. The van der Waals surface area contributed by atoms with E-state index in [4.69, 9.17) is 13.9 Å². The first kappa shape index (κ1) is 16.1. The number of benzene rings is 1. The summed E-state index contributed by atoms with van der Waals surface area (Å²) in [5, 5.41) is 6.49. The number of methoxy groups -OCH3 is 2. The van der Waals surface area contributed by atoms with Crippen LogP contribution in [0, 0.1) is 0 Å². The molecule has 0 aliphatic heterocycles. The lowest BCUT2D eigenvalue weighted by Gasteiger charge is -2.10. The van der Waals surface area contributed by atoms with Gasteiger partial charge in [0, 0.05) is 18.0 Å². The van der Waals surface area contributed by atoms with E-state index in [0.717, 1.165) is 27.6 Å². The third-order valence-corrected chi connectivity index (χ3v) is 4.31. The topological polar surface area (TPSA) is 61.2 Å². The van der Waals surface area contributed by atoms with Crippen molar-refractivity contribution in [3.05, 3.63) is 52.5 Å². The van der Waals surface area contributed by atoms with E-state index in [1.807, 2.05) is 35.7 Å². The van der Waals surface area contributed by atoms with Crippen molar-refractivity contribution >= 4 is 17.6 Å². The van der Waals surface area contributed by atoms with Crippen LogP contribution in [-0.2, 0) is 0 Å². The number of furan rings is 1. The second-order valence-corrected chi connectivity index (χ2v) is 5.60. The Kier molecular flexibility index (Phi) is 4.81. The molecule has 0 amide bonds. The first-order valence-corrected chi connectivity index (χ1v) is 8.08. The molecule has 3 rings (SSSR count). The Morgan fingerprint density at radius 1 is 1.21 bits per heavy atom. The lowest BCUT2D eigenvalue weighted by atomic mass is 10.1. The largest absolute Gasteiger partial charge is 0.497 e. The zero-order valence-corrected chi connectivity index (χ0v) is 14.4. The molecule has 1 aromatic carbocycles. The molecule has 2 heterocycles. The van der Waals surface area contributed by atoms with Gasteiger partial charge in [0.05, 0.1) is 32.4 Å². The molecule has 0 saturated carbocycles. The van der Waals surface area contributed by atoms with Crippen molar-refractivity contribution in [2.24, 2.45) is 10.1 Å². The van der Waals surface area contributed by atoms with Crippen molar-refractivity contribution in [1.82, 2.24) is 4.68 Å². The molecule has 0 spiro atoms. The van der Waals surface area contributed by atoms with Gasteiger partial charge in [-0.25, -0.2) is 4.68 Å². The smallest absolute Gasteiger partial charge is 0.205 e. The maximum Gasteiger partial charge on any atom is 0.205 e. The fourth-order valence-electron chi connectivity index (χ4n) is 2.24. The van der Waals surface area contributed by atoms with E-state index in [2.05, 4.69) is 10.1 Å². The molecule has 0 unspecified atom stereocenters. The Balaban J connectivity index is 2.14. The molecule has 7 heteroatoms. The summed E-state index contributed by atoms with van der Waals surface area (Å²) >= 11 is 1.50. The summed E-state index contributed by atoms with van der Waals surface area (Å²) in [7, 11) is 5.01. The first-order chi connectivity index (χ1) is 11.8. The molecule has 0 aliphatic carbocycles. The summed E-state index contributed by atoms with van der Waals surface area (Å²) in [5.41, 5.74) is 1.73. The Morgan fingerprint density at radius 2 is 2.08 bits per heavy atom. The molecule has 0 atom stereocenters. The number of aromatic nitrogens is 1. The minimum absolute atomic E-state index is 0.666. The van der Waals surface area contributed by atoms with Crippen LogP contribution in [0.25, 0.3) is 11.3 Å². The fraction of sp³-hybridized carbons (Fsp3) is 0.176. The van der Waals surface area contributed by atoms with E-state index in [1.165, 1.54) is 11.3 Å². The molecule has 0 bridgehead atoms. The van der Waals surface area contributed by atoms with Crippen LogP contribution in [0.5, 0.6) is 11.5 Å². The highest BCUT2D eigenvalue weighted by Crippen LogP contribution is 2.33. The summed E-state index contributed by atoms with van der Waals surface area (Å²) in [6.07, 6.45) is 3.26. The molecule has 24 heavy (non-hydrogen) atoms. The standard InChI is InChI=1S/C17H17N3O3S/c1-18-17-20(19-10-13-5-4-8-23-13)15(11-24-17)14-9-12(21-2)6-7-16(14)22-3/h4-11H,1-3H3/b18-17?,19-10-. The van der Waals surface area contributed by atoms with E-state index >= 15 is 0 Å². The van der Waals surface area contributed by atoms with Gasteiger partial charge >= 0.3 is 0 Å². The fourth-order valence-corrected chi connectivity index (χ4v) is 3.04.